The molecule has 6 nitrogen and oxygen atoms in total. The third-order valence-corrected chi connectivity index (χ3v) is 5.31. The van der Waals surface area contributed by atoms with Crippen molar-refractivity contribution in [3.05, 3.63) is 0 Å². The third-order valence-electron chi connectivity index (χ3n) is 3.33. The number of nitrogens with zero attached hydrogens (tertiary/aromatic N) is 2. The minimum absolute atomic E-state index is 0.00308. The van der Waals surface area contributed by atoms with Crippen molar-refractivity contribution in [3.63, 3.8) is 0 Å². The molecule has 0 aliphatic carbocycles. The normalized spacial score (nSPS) is 19.3. The van der Waals surface area contributed by atoms with Crippen molar-refractivity contribution in [1.82, 2.24) is 8.61 Å². The highest BCUT2D eigenvalue weighted by molar-refractivity contribution is 7.86. The maximum Gasteiger partial charge on any atom is 0.303 e. The SMILES string of the molecule is CC1CCN(S(=O)(=O)N(C)CCCC(=O)O)CC1. The van der Waals surface area contributed by atoms with E-state index in [1.54, 1.807) is 0 Å². The molecule has 1 N–H and O–H groups in total. The summed E-state index contributed by atoms with van der Waals surface area (Å²) in [5.74, 6) is -0.318. The number of carboxylic acids is 1. The number of piperidine rings is 1. The molecule has 1 fully saturated rings. The largest absolute Gasteiger partial charge is 0.481 e. The van der Waals surface area contributed by atoms with E-state index in [9.17, 15) is 13.2 Å². The smallest absolute Gasteiger partial charge is 0.303 e. The summed E-state index contributed by atoms with van der Waals surface area (Å²) in [4.78, 5) is 10.4. The van der Waals surface area contributed by atoms with Crippen LogP contribution in [-0.2, 0) is 15.0 Å². The summed E-state index contributed by atoms with van der Waals surface area (Å²) in [7, 11) is -1.90. The van der Waals surface area contributed by atoms with Crippen LogP contribution in [0.5, 0.6) is 0 Å². The Labute approximate surface area is 109 Å². The second kappa shape index (κ2) is 6.49. The summed E-state index contributed by atoms with van der Waals surface area (Å²) in [5, 5.41) is 8.53. The third kappa shape index (κ3) is 4.22. The minimum Gasteiger partial charge on any atom is -0.481 e. The van der Waals surface area contributed by atoms with E-state index < -0.39 is 16.2 Å². The van der Waals surface area contributed by atoms with Gasteiger partial charge in [-0.2, -0.15) is 17.0 Å². The van der Waals surface area contributed by atoms with E-state index in [0.717, 1.165) is 12.8 Å². The summed E-state index contributed by atoms with van der Waals surface area (Å²) in [6.45, 7) is 3.50. The van der Waals surface area contributed by atoms with Gasteiger partial charge < -0.3 is 5.11 Å². The Balaban J connectivity index is 2.49. The first-order valence-electron chi connectivity index (χ1n) is 6.27. The van der Waals surface area contributed by atoms with Gasteiger partial charge in [-0.1, -0.05) is 6.92 Å². The number of carbonyl (C=O) groups is 1. The second-order valence-corrected chi connectivity index (χ2v) is 6.94. The first kappa shape index (κ1) is 15.4. The molecular weight excluding hydrogens is 256 g/mol. The molecule has 0 amide bonds. The molecule has 1 rings (SSSR count). The zero-order valence-corrected chi connectivity index (χ0v) is 11.8. The monoisotopic (exact) mass is 278 g/mol. The van der Waals surface area contributed by atoms with Crippen molar-refractivity contribution < 1.29 is 18.3 Å². The van der Waals surface area contributed by atoms with E-state index in [0.29, 0.717) is 25.4 Å². The molecule has 0 aromatic rings. The lowest BCUT2D eigenvalue weighted by atomic mass is 10.0. The molecule has 106 valence electrons. The lowest BCUT2D eigenvalue weighted by Gasteiger charge is -2.32. The summed E-state index contributed by atoms with van der Waals surface area (Å²) in [6.07, 6.45) is 2.12. The summed E-state index contributed by atoms with van der Waals surface area (Å²) in [5.41, 5.74) is 0. The van der Waals surface area contributed by atoms with Gasteiger partial charge in [0.25, 0.3) is 10.2 Å². The molecule has 1 heterocycles. The van der Waals surface area contributed by atoms with Gasteiger partial charge in [-0.25, -0.2) is 0 Å². The first-order valence-corrected chi connectivity index (χ1v) is 7.67. The average Bonchev–Trinajstić information content (AvgIpc) is 2.28. The van der Waals surface area contributed by atoms with Gasteiger partial charge in [-0.15, -0.1) is 0 Å². The minimum atomic E-state index is -3.41. The van der Waals surface area contributed by atoms with Gasteiger partial charge in [0.2, 0.25) is 0 Å². The van der Waals surface area contributed by atoms with Crippen LogP contribution in [-0.4, -0.2) is 54.8 Å². The lowest BCUT2D eigenvalue weighted by molar-refractivity contribution is -0.137. The Morgan fingerprint density at radius 1 is 1.39 bits per heavy atom. The zero-order chi connectivity index (χ0) is 13.8. The summed E-state index contributed by atoms with van der Waals surface area (Å²) in [6, 6.07) is 0. The molecule has 0 aromatic heterocycles. The predicted molar refractivity (Wildman–Crippen MR) is 68.4 cm³/mol. The van der Waals surface area contributed by atoms with Crippen molar-refractivity contribution in [1.29, 1.82) is 0 Å². The molecule has 0 aromatic carbocycles. The molecule has 0 unspecified atom stereocenters. The van der Waals surface area contributed by atoms with Gasteiger partial charge in [0.15, 0.2) is 0 Å². The lowest BCUT2D eigenvalue weighted by Crippen LogP contribution is -2.45. The van der Waals surface area contributed by atoms with Crippen LogP contribution in [0.3, 0.4) is 0 Å². The van der Waals surface area contributed by atoms with Gasteiger partial charge in [-0.05, 0) is 25.2 Å². The van der Waals surface area contributed by atoms with Gasteiger partial charge in [0.05, 0.1) is 0 Å². The molecule has 7 heteroatoms. The summed E-state index contributed by atoms with van der Waals surface area (Å²) < 4.78 is 27.1. The molecule has 18 heavy (non-hydrogen) atoms. The van der Waals surface area contributed by atoms with Gasteiger partial charge in [0, 0.05) is 33.1 Å². The van der Waals surface area contributed by atoms with Crippen LogP contribution in [0, 0.1) is 5.92 Å². The quantitative estimate of drug-likeness (QED) is 0.778. The van der Waals surface area contributed by atoms with E-state index in [4.69, 9.17) is 5.11 Å². The highest BCUT2D eigenvalue weighted by Gasteiger charge is 2.29. The van der Waals surface area contributed by atoms with Crippen molar-refractivity contribution in [3.8, 4) is 0 Å². The van der Waals surface area contributed by atoms with Crippen LogP contribution in [0.15, 0.2) is 0 Å². The maximum absolute atomic E-state index is 12.2. The molecule has 0 saturated carbocycles. The van der Waals surface area contributed by atoms with Gasteiger partial charge in [0.1, 0.15) is 0 Å². The fourth-order valence-electron chi connectivity index (χ4n) is 1.98. The number of carboxylic acid groups (broad SMARTS) is 1. The Morgan fingerprint density at radius 2 is 1.94 bits per heavy atom. The second-order valence-electron chi connectivity index (χ2n) is 4.91. The van der Waals surface area contributed by atoms with Crippen molar-refractivity contribution in [2.45, 2.75) is 32.6 Å². The van der Waals surface area contributed by atoms with E-state index in [2.05, 4.69) is 6.92 Å². The van der Waals surface area contributed by atoms with E-state index in [1.807, 2.05) is 0 Å². The van der Waals surface area contributed by atoms with E-state index >= 15 is 0 Å². The molecule has 1 aliphatic rings. The Kier molecular flexibility index (Phi) is 5.55. The van der Waals surface area contributed by atoms with Crippen LogP contribution < -0.4 is 0 Å². The fraction of sp³-hybridized carbons (Fsp3) is 0.909. The van der Waals surface area contributed by atoms with Gasteiger partial charge >= 0.3 is 5.97 Å². The van der Waals surface area contributed by atoms with Crippen LogP contribution in [0.25, 0.3) is 0 Å². The molecule has 0 spiro atoms. The number of hydrogen-bond donors (Lipinski definition) is 1. The molecular formula is C11H22N2O4S. The van der Waals surface area contributed by atoms with Crippen molar-refractivity contribution in [2.24, 2.45) is 5.92 Å². The van der Waals surface area contributed by atoms with Crippen molar-refractivity contribution in [2.75, 3.05) is 26.7 Å². The van der Waals surface area contributed by atoms with E-state index in [-0.39, 0.29) is 13.0 Å². The highest BCUT2D eigenvalue weighted by Crippen LogP contribution is 2.20. The molecule has 0 bridgehead atoms. The number of hydrogen-bond acceptors (Lipinski definition) is 3. The van der Waals surface area contributed by atoms with Crippen LogP contribution in [0.4, 0.5) is 0 Å². The summed E-state index contributed by atoms with van der Waals surface area (Å²) >= 11 is 0. The Morgan fingerprint density at radius 3 is 2.44 bits per heavy atom. The Hall–Kier alpha value is -0.660. The van der Waals surface area contributed by atoms with E-state index in [1.165, 1.54) is 15.7 Å². The number of aliphatic carboxylic acids is 1. The number of rotatable bonds is 6. The molecule has 1 saturated heterocycles. The van der Waals surface area contributed by atoms with Gasteiger partial charge in [-0.3, -0.25) is 4.79 Å². The topological polar surface area (TPSA) is 77.9 Å². The zero-order valence-electron chi connectivity index (χ0n) is 11.0. The predicted octanol–water partition coefficient (Wildman–Crippen LogP) is 0.760. The highest BCUT2D eigenvalue weighted by atomic mass is 32.2. The van der Waals surface area contributed by atoms with Crippen LogP contribution >= 0.6 is 0 Å². The van der Waals surface area contributed by atoms with Crippen LogP contribution in [0.1, 0.15) is 32.6 Å². The maximum atomic E-state index is 12.2. The standard InChI is InChI=1S/C11H22N2O4S/c1-10-5-8-13(9-6-10)18(16,17)12(2)7-3-4-11(14)15/h10H,3-9H2,1-2H3,(H,14,15). The average molecular weight is 278 g/mol. The Bertz CT molecular complexity index is 375. The van der Waals surface area contributed by atoms with Crippen molar-refractivity contribution >= 4 is 16.2 Å². The fourth-order valence-corrected chi connectivity index (χ4v) is 3.41. The molecule has 0 atom stereocenters. The first-order chi connectivity index (χ1) is 8.34. The molecule has 0 radical (unpaired) electrons. The van der Waals surface area contributed by atoms with Crippen LogP contribution in [0.2, 0.25) is 0 Å². The molecule has 1 aliphatic heterocycles.